The molecule has 3 aromatic carbocycles. The summed E-state index contributed by atoms with van der Waals surface area (Å²) in [7, 11) is -3.76. The molecule has 0 bridgehead atoms. The first-order valence-corrected chi connectivity index (χ1v) is 12.9. The van der Waals surface area contributed by atoms with Crippen LogP contribution in [0, 0.1) is 6.92 Å². The van der Waals surface area contributed by atoms with Gasteiger partial charge in [-0.05, 0) is 36.8 Å². The van der Waals surface area contributed by atoms with Crippen LogP contribution in [0.2, 0.25) is 0 Å². The van der Waals surface area contributed by atoms with Crippen LogP contribution in [0.3, 0.4) is 0 Å². The van der Waals surface area contributed by atoms with Crippen LogP contribution in [0.15, 0.2) is 114 Å². The monoisotopic (exact) mass is 484 g/mol. The molecule has 0 fully saturated rings. The number of allylic oxidation sites excluding steroid dienone is 2. The molecular weight excluding hydrogens is 456 g/mol. The lowest BCUT2D eigenvalue weighted by Crippen LogP contribution is -2.26. The smallest absolute Gasteiger partial charge is 0.284 e. The first-order valence-electron chi connectivity index (χ1n) is 11.4. The molecule has 178 valence electrons. The van der Waals surface area contributed by atoms with Gasteiger partial charge in [-0.1, -0.05) is 95.7 Å². The summed E-state index contributed by atoms with van der Waals surface area (Å²) >= 11 is 0. The molecule has 0 aliphatic heterocycles. The van der Waals surface area contributed by atoms with Crippen molar-refractivity contribution in [1.82, 2.24) is 14.4 Å². The predicted molar refractivity (Wildman–Crippen MR) is 141 cm³/mol. The highest BCUT2D eigenvalue weighted by Gasteiger charge is 2.19. The van der Waals surface area contributed by atoms with Gasteiger partial charge in [0.05, 0.1) is 16.8 Å². The fourth-order valence-corrected chi connectivity index (χ4v) is 4.63. The van der Waals surface area contributed by atoms with Gasteiger partial charge >= 0.3 is 0 Å². The highest BCUT2D eigenvalue weighted by atomic mass is 32.2. The molecule has 0 spiro atoms. The summed E-state index contributed by atoms with van der Waals surface area (Å²) in [6.07, 6.45) is 10.3. The van der Waals surface area contributed by atoms with E-state index in [4.69, 9.17) is 0 Å². The first-order chi connectivity index (χ1) is 17.0. The average Bonchev–Trinajstić information content (AvgIpc) is 3.37. The summed E-state index contributed by atoms with van der Waals surface area (Å²) in [6.45, 7) is 3.29. The number of hydrogen-bond acceptors (Lipinski definition) is 5. The fraction of sp³-hybridized carbons (Fsp3) is 0.143. The lowest BCUT2D eigenvalue weighted by Gasteiger charge is -2.22. The van der Waals surface area contributed by atoms with Crippen molar-refractivity contribution in [2.45, 2.75) is 18.2 Å². The Bertz CT molecular complexity index is 1380. The van der Waals surface area contributed by atoms with Crippen molar-refractivity contribution in [2.75, 3.05) is 18.0 Å². The van der Waals surface area contributed by atoms with Crippen LogP contribution in [-0.2, 0) is 16.4 Å². The molecule has 4 rings (SSSR count). The van der Waals surface area contributed by atoms with Gasteiger partial charge in [0, 0.05) is 25.2 Å². The second-order valence-corrected chi connectivity index (χ2v) is 9.93. The fourth-order valence-electron chi connectivity index (χ4n) is 3.54. The highest BCUT2D eigenvalue weighted by molar-refractivity contribution is 7.89. The average molecular weight is 485 g/mol. The van der Waals surface area contributed by atoms with E-state index in [9.17, 15) is 8.42 Å². The summed E-state index contributed by atoms with van der Waals surface area (Å²) in [5, 5.41) is 8.00. The van der Waals surface area contributed by atoms with Crippen molar-refractivity contribution in [3.05, 3.63) is 126 Å². The minimum atomic E-state index is -3.76. The van der Waals surface area contributed by atoms with Crippen LogP contribution in [0.25, 0.3) is 6.08 Å². The van der Waals surface area contributed by atoms with Crippen LogP contribution >= 0.6 is 0 Å². The van der Waals surface area contributed by atoms with Gasteiger partial charge in [0.25, 0.3) is 10.0 Å². The van der Waals surface area contributed by atoms with Crippen molar-refractivity contribution < 1.29 is 8.42 Å². The van der Waals surface area contributed by atoms with Crippen molar-refractivity contribution in [3.8, 4) is 0 Å². The zero-order chi connectivity index (χ0) is 24.5. The molecule has 0 N–H and O–H groups in total. The molecule has 0 amide bonds. The number of aromatic nitrogens is 3. The Labute approximate surface area is 206 Å². The van der Waals surface area contributed by atoms with Gasteiger partial charge < -0.3 is 4.90 Å². The normalized spacial score (nSPS) is 11.9. The molecule has 0 radical (unpaired) electrons. The number of rotatable bonds is 10. The van der Waals surface area contributed by atoms with E-state index in [0.29, 0.717) is 25.2 Å². The summed E-state index contributed by atoms with van der Waals surface area (Å²) in [5.74, 6) is 0. The SMILES string of the molecule is Cc1ccc(S(=O)(=O)n2cc(CCN(C/C=C/C=C/c3ccccc3)c3ccccc3)nn2)cc1. The van der Waals surface area contributed by atoms with Crippen LogP contribution in [-0.4, -0.2) is 35.9 Å². The molecule has 7 heteroatoms. The zero-order valence-electron chi connectivity index (χ0n) is 19.6. The quantitative estimate of drug-likeness (QED) is 0.292. The molecule has 0 unspecified atom stereocenters. The van der Waals surface area contributed by atoms with Gasteiger partial charge in [-0.2, -0.15) is 8.42 Å². The van der Waals surface area contributed by atoms with Crippen molar-refractivity contribution in [3.63, 3.8) is 0 Å². The first kappa shape index (κ1) is 24.2. The standard InChI is InChI=1S/C28H28N4O2S/c1-24-16-18-28(19-17-24)35(33,34)32-23-26(29-30-32)20-22-31(27-14-8-3-9-15-27)21-10-4-7-13-25-11-5-2-6-12-25/h2-19,23H,20-22H2,1H3/b10-4+,13-7+. The largest absolute Gasteiger partial charge is 0.367 e. The lowest BCUT2D eigenvalue weighted by molar-refractivity contribution is 0.577. The van der Waals surface area contributed by atoms with E-state index >= 15 is 0 Å². The van der Waals surface area contributed by atoms with Gasteiger partial charge in [0.2, 0.25) is 0 Å². The van der Waals surface area contributed by atoms with E-state index in [1.54, 1.807) is 24.3 Å². The third-order valence-corrected chi connectivity index (χ3v) is 7.05. The van der Waals surface area contributed by atoms with E-state index < -0.39 is 10.0 Å². The van der Waals surface area contributed by atoms with Gasteiger partial charge in [-0.15, -0.1) is 9.19 Å². The second kappa shape index (κ2) is 11.4. The maximum absolute atomic E-state index is 12.9. The molecule has 1 aromatic heterocycles. The van der Waals surface area contributed by atoms with Gasteiger partial charge in [-0.25, -0.2) is 0 Å². The van der Waals surface area contributed by atoms with Crippen LogP contribution in [0.5, 0.6) is 0 Å². The summed E-state index contributed by atoms with van der Waals surface area (Å²) in [5.41, 5.74) is 3.85. The molecule has 0 atom stereocenters. The maximum atomic E-state index is 12.9. The molecule has 1 heterocycles. The van der Waals surface area contributed by atoms with Crippen molar-refractivity contribution in [2.24, 2.45) is 0 Å². The Morgan fingerprint density at radius 2 is 1.57 bits per heavy atom. The van der Waals surface area contributed by atoms with E-state index in [1.165, 1.54) is 6.20 Å². The Kier molecular flexibility index (Phi) is 7.90. The number of aryl methyl sites for hydroxylation is 1. The Morgan fingerprint density at radius 3 is 2.29 bits per heavy atom. The van der Waals surface area contributed by atoms with E-state index in [1.807, 2.05) is 55.5 Å². The third-order valence-electron chi connectivity index (χ3n) is 5.51. The Morgan fingerprint density at radius 1 is 0.886 bits per heavy atom. The minimum Gasteiger partial charge on any atom is -0.367 e. The van der Waals surface area contributed by atoms with Crippen LogP contribution in [0.4, 0.5) is 5.69 Å². The van der Waals surface area contributed by atoms with Crippen molar-refractivity contribution >= 4 is 21.8 Å². The Hall–Kier alpha value is -3.97. The van der Waals surface area contributed by atoms with E-state index in [2.05, 4.69) is 51.6 Å². The van der Waals surface area contributed by atoms with Crippen LogP contribution in [0.1, 0.15) is 16.8 Å². The van der Waals surface area contributed by atoms with Crippen molar-refractivity contribution in [1.29, 1.82) is 0 Å². The molecule has 6 nitrogen and oxygen atoms in total. The molecule has 0 saturated heterocycles. The topological polar surface area (TPSA) is 68.1 Å². The predicted octanol–water partition coefficient (Wildman–Crippen LogP) is 5.14. The molecule has 0 saturated carbocycles. The van der Waals surface area contributed by atoms with E-state index in [-0.39, 0.29) is 4.90 Å². The lowest BCUT2D eigenvalue weighted by atomic mass is 10.2. The van der Waals surface area contributed by atoms with Gasteiger partial charge in [-0.3, -0.25) is 0 Å². The number of nitrogens with zero attached hydrogens (tertiary/aromatic N) is 4. The van der Waals surface area contributed by atoms with Gasteiger partial charge in [0.1, 0.15) is 0 Å². The second-order valence-electron chi connectivity index (χ2n) is 8.13. The number of hydrogen-bond donors (Lipinski definition) is 0. The minimum absolute atomic E-state index is 0.194. The van der Waals surface area contributed by atoms with Gasteiger partial charge in [0.15, 0.2) is 0 Å². The molecule has 35 heavy (non-hydrogen) atoms. The van der Waals surface area contributed by atoms with Crippen LogP contribution < -0.4 is 4.90 Å². The summed E-state index contributed by atoms with van der Waals surface area (Å²) < 4.78 is 26.7. The summed E-state index contributed by atoms with van der Waals surface area (Å²) in [4.78, 5) is 2.42. The molecule has 4 aromatic rings. The molecular formula is C28H28N4O2S. The van der Waals surface area contributed by atoms with E-state index in [0.717, 1.165) is 20.9 Å². The third kappa shape index (κ3) is 6.55. The highest BCUT2D eigenvalue weighted by Crippen LogP contribution is 2.16. The molecule has 0 aliphatic rings. The number of anilines is 1. The number of benzene rings is 3. The summed E-state index contributed by atoms with van der Waals surface area (Å²) in [6, 6.07) is 27.0. The number of para-hydroxylation sites is 1. The zero-order valence-corrected chi connectivity index (χ0v) is 20.4. The molecule has 0 aliphatic carbocycles. The Balaban J connectivity index is 1.42. The maximum Gasteiger partial charge on any atom is 0.284 e.